The highest BCUT2D eigenvalue weighted by atomic mass is 35.5. The second kappa shape index (κ2) is 17.7. The van der Waals surface area contributed by atoms with Crippen LogP contribution in [-0.2, 0) is 14.8 Å². The molecule has 2 aromatic carbocycles. The van der Waals surface area contributed by atoms with Gasteiger partial charge in [0.15, 0.2) is 0 Å². The number of H-pyrrole nitrogens is 1. The highest BCUT2D eigenvalue weighted by Gasteiger charge is 2.56. The van der Waals surface area contributed by atoms with Crippen molar-refractivity contribution in [2.45, 2.75) is 81.4 Å². The fourth-order valence-electron chi connectivity index (χ4n) is 11.6. The summed E-state index contributed by atoms with van der Waals surface area (Å²) in [6, 6.07) is 12.4. The van der Waals surface area contributed by atoms with Crippen LogP contribution in [0, 0.1) is 32.8 Å². The summed E-state index contributed by atoms with van der Waals surface area (Å²) in [5.41, 5.74) is 5.19. The van der Waals surface area contributed by atoms with Crippen molar-refractivity contribution in [3.8, 4) is 11.5 Å². The number of piperidine rings is 1. The summed E-state index contributed by atoms with van der Waals surface area (Å²) in [6.45, 7) is 13.7. The number of benzene rings is 2. The molecule has 3 saturated carbocycles. The molecule has 7 aliphatic rings. The highest BCUT2D eigenvalue weighted by molar-refractivity contribution is 7.90. The fraction of sp³-hybridized carbons (Fsp3) is 0.551. The molecule has 352 valence electrons. The molecule has 3 saturated heterocycles. The number of hydrogen-bond donors (Lipinski definition) is 3. The molecular weight excluding hydrogens is 880 g/mol. The number of halogens is 1. The number of amides is 1. The normalized spacial score (nSPS) is 25.3. The van der Waals surface area contributed by atoms with Crippen molar-refractivity contribution in [3.63, 3.8) is 0 Å². The standard InChI is InChI=1S/C49H61ClN8O7S/c1-47(2)9-7-34(40(28-47)41-29-49(50)26-35(41)27-49)31-56-18-20-57(21-19-56)36-3-5-39(44(24-36)65-37-23-33-8-13-52-45(33)53-30-37)46(59)54-66(62,63)38-4-6-42(43(25-38)58(60)61)51-14-17-55-15-10-48(11-16-55)12-22-64-32-48/h3-6,8,13,23-25,30,35,41,51H,7,9-12,14-22,26-29,31-32H2,1-2H3,(H,52,53)(H,54,59)/t35?,41-,49?/m1/s1. The molecule has 1 atom stereocenters. The number of aromatic nitrogens is 2. The van der Waals surface area contributed by atoms with Gasteiger partial charge in [-0.25, -0.2) is 18.1 Å². The van der Waals surface area contributed by atoms with Gasteiger partial charge in [-0.05, 0) is 130 Å². The predicted molar refractivity (Wildman–Crippen MR) is 255 cm³/mol. The molecule has 3 aliphatic heterocycles. The maximum absolute atomic E-state index is 14.0. The molecule has 66 heavy (non-hydrogen) atoms. The van der Waals surface area contributed by atoms with Gasteiger partial charge in [-0.3, -0.25) is 19.8 Å². The van der Waals surface area contributed by atoms with E-state index in [-0.39, 0.29) is 27.3 Å². The van der Waals surface area contributed by atoms with Crippen LogP contribution in [0.15, 0.2) is 77.0 Å². The molecule has 0 radical (unpaired) electrons. The fourth-order valence-corrected chi connectivity index (χ4v) is 13.2. The first-order chi connectivity index (χ1) is 31.6. The molecule has 5 heterocycles. The van der Waals surface area contributed by atoms with E-state index in [2.05, 4.69) is 48.6 Å². The van der Waals surface area contributed by atoms with Gasteiger partial charge in [-0.2, -0.15) is 0 Å². The number of ether oxygens (including phenoxy) is 2. The second-order valence-corrected chi connectivity index (χ2v) is 23.2. The van der Waals surface area contributed by atoms with Crippen LogP contribution < -0.4 is 19.7 Å². The maximum atomic E-state index is 14.0. The zero-order valence-corrected chi connectivity index (χ0v) is 39.5. The van der Waals surface area contributed by atoms with Crippen LogP contribution in [0.3, 0.4) is 0 Å². The monoisotopic (exact) mass is 940 g/mol. The van der Waals surface area contributed by atoms with E-state index in [1.54, 1.807) is 41.7 Å². The Kier molecular flexibility index (Phi) is 12.1. The van der Waals surface area contributed by atoms with E-state index in [9.17, 15) is 23.3 Å². The first-order valence-corrected chi connectivity index (χ1v) is 25.5. The summed E-state index contributed by atoms with van der Waals surface area (Å²) in [4.78, 5) is 39.9. The summed E-state index contributed by atoms with van der Waals surface area (Å²) in [6.07, 6.45) is 13.5. The number of rotatable bonds is 14. The molecule has 6 fully saturated rings. The van der Waals surface area contributed by atoms with Gasteiger partial charge in [0.25, 0.3) is 21.6 Å². The molecule has 0 unspecified atom stereocenters. The summed E-state index contributed by atoms with van der Waals surface area (Å²) >= 11 is 6.92. The van der Waals surface area contributed by atoms with Crippen LogP contribution in [0.2, 0.25) is 0 Å². The lowest BCUT2D eigenvalue weighted by molar-refractivity contribution is -0.384. The van der Waals surface area contributed by atoms with Crippen LogP contribution in [0.5, 0.6) is 11.5 Å². The van der Waals surface area contributed by atoms with E-state index < -0.39 is 31.4 Å². The number of aromatic amines is 1. The molecular formula is C49H61ClN8O7S. The predicted octanol–water partition coefficient (Wildman–Crippen LogP) is 8.33. The lowest BCUT2D eigenvalue weighted by Crippen LogP contribution is -2.47. The number of nitrogens with one attached hydrogen (secondary N) is 3. The van der Waals surface area contributed by atoms with Crippen molar-refractivity contribution in [2.75, 3.05) is 82.3 Å². The van der Waals surface area contributed by atoms with E-state index >= 15 is 0 Å². The van der Waals surface area contributed by atoms with Gasteiger partial charge in [0, 0.05) is 86.7 Å². The topological polar surface area (TPSA) is 175 Å². The number of sulfonamides is 1. The zero-order chi connectivity index (χ0) is 45.8. The Bertz CT molecular complexity index is 2640. The third-order valence-corrected chi connectivity index (χ3v) is 17.4. The first kappa shape index (κ1) is 45.1. The number of carbonyl (C=O) groups is 1. The minimum atomic E-state index is -4.56. The quantitative estimate of drug-likeness (QED) is 0.0478. The Morgan fingerprint density at radius 1 is 1.00 bits per heavy atom. The van der Waals surface area contributed by atoms with Gasteiger partial charge >= 0.3 is 0 Å². The largest absolute Gasteiger partial charge is 0.455 e. The van der Waals surface area contributed by atoms with Crippen LogP contribution >= 0.6 is 11.6 Å². The first-order valence-electron chi connectivity index (χ1n) is 23.6. The van der Waals surface area contributed by atoms with Gasteiger partial charge in [0.2, 0.25) is 0 Å². The van der Waals surface area contributed by atoms with Gasteiger partial charge in [0.05, 0.1) is 28.2 Å². The van der Waals surface area contributed by atoms with Crippen molar-refractivity contribution < 1.29 is 27.6 Å². The summed E-state index contributed by atoms with van der Waals surface area (Å²) in [5.74, 6) is 0.938. The Balaban J connectivity index is 0.825. The molecule has 17 heteroatoms. The molecule has 2 aromatic heterocycles. The Morgan fingerprint density at radius 3 is 2.53 bits per heavy atom. The average Bonchev–Trinajstić information content (AvgIpc) is 4.09. The van der Waals surface area contributed by atoms with Crippen molar-refractivity contribution in [3.05, 3.63) is 87.7 Å². The second-order valence-electron chi connectivity index (χ2n) is 20.7. The number of hydrogen-bond acceptors (Lipinski definition) is 12. The lowest BCUT2D eigenvalue weighted by Gasteiger charge is -2.41. The number of likely N-dealkylation sites (tertiary alicyclic amines) is 1. The number of nitro groups is 1. The Labute approximate surface area is 391 Å². The number of nitro benzene ring substituents is 1. The van der Waals surface area contributed by atoms with E-state index in [4.69, 9.17) is 21.1 Å². The van der Waals surface area contributed by atoms with E-state index in [0.717, 1.165) is 133 Å². The number of alkyl halides is 1. The Morgan fingerprint density at radius 2 is 1.80 bits per heavy atom. The number of carbonyl (C=O) groups excluding carboxylic acids is 1. The number of nitrogens with zero attached hydrogens (tertiary/aromatic N) is 5. The van der Waals surface area contributed by atoms with E-state index in [0.29, 0.717) is 35.8 Å². The van der Waals surface area contributed by atoms with Crippen LogP contribution in [0.4, 0.5) is 17.1 Å². The molecule has 15 nitrogen and oxygen atoms in total. The molecule has 1 spiro atoms. The summed E-state index contributed by atoms with van der Waals surface area (Å²) in [7, 11) is -4.56. The van der Waals surface area contributed by atoms with Gasteiger partial charge in [-0.1, -0.05) is 25.0 Å². The van der Waals surface area contributed by atoms with Gasteiger partial charge in [-0.15, -0.1) is 11.6 Å². The van der Waals surface area contributed by atoms with Gasteiger partial charge in [0.1, 0.15) is 22.8 Å². The highest BCUT2D eigenvalue weighted by Crippen LogP contribution is 2.63. The molecule has 2 bridgehead atoms. The summed E-state index contributed by atoms with van der Waals surface area (Å²) in [5, 5.41) is 16.2. The van der Waals surface area contributed by atoms with Crippen LogP contribution in [0.1, 0.15) is 82.0 Å². The van der Waals surface area contributed by atoms with Crippen LogP contribution in [0.25, 0.3) is 11.0 Å². The smallest absolute Gasteiger partial charge is 0.293 e. The number of allylic oxidation sites excluding steroid dienone is 1. The third kappa shape index (κ3) is 9.40. The van der Waals surface area contributed by atoms with Crippen LogP contribution in [-0.4, -0.2) is 116 Å². The molecule has 3 N–H and O–H groups in total. The zero-order valence-electron chi connectivity index (χ0n) is 38.0. The van der Waals surface area contributed by atoms with Crippen molar-refractivity contribution in [2.24, 2.45) is 22.7 Å². The minimum Gasteiger partial charge on any atom is -0.455 e. The molecule has 11 rings (SSSR count). The SMILES string of the molecule is CC1(C)CCC(CN2CCN(c3ccc(C(=O)NS(=O)(=O)c4ccc(NCCN5CCC6(CCOC6)CC5)c([N+](=O)[O-])c4)c(Oc4cnc5[nH]ccc5c4)c3)CC2)=C([C@@H]2CC3(Cl)CC2C3)C1. The number of piperazine rings is 1. The molecule has 4 aromatic rings. The third-order valence-electron chi connectivity index (χ3n) is 15.6. The number of anilines is 2. The van der Waals surface area contributed by atoms with E-state index in [1.807, 2.05) is 12.1 Å². The minimum absolute atomic E-state index is 0.0183. The average molecular weight is 942 g/mol. The van der Waals surface area contributed by atoms with E-state index in [1.165, 1.54) is 18.6 Å². The van der Waals surface area contributed by atoms with Crippen molar-refractivity contribution in [1.82, 2.24) is 24.5 Å². The van der Waals surface area contributed by atoms with Gasteiger partial charge < -0.3 is 29.6 Å². The number of pyridine rings is 1. The maximum Gasteiger partial charge on any atom is 0.293 e. The molecule has 4 aliphatic carbocycles. The van der Waals surface area contributed by atoms with Crippen molar-refractivity contribution >= 4 is 55.6 Å². The lowest BCUT2D eigenvalue weighted by atomic mass is 9.69. The number of fused-ring (bicyclic) bond motifs is 2. The molecule has 1 amide bonds. The summed E-state index contributed by atoms with van der Waals surface area (Å²) < 4.78 is 41.8. The van der Waals surface area contributed by atoms with Crippen molar-refractivity contribution in [1.29, 1.82) is 0 Å². The Hall–Kier alpha value is -4.74.